The summed E-state index contributed by atoms with van der Waals surface area (Å²) in [6, 6.07) is 27.0. The number of ether oxygens (including phenoxy) is 2. The third-order valence-corrected chi connectivity index (χ3v) is 4.33. The zero-order valence-corrected chi connectivity index (χ0v) is 16.5. The number of rotatable bonds is 10. The van der Waals surface area contributed by atoms with E-state index in [4.69, 9.17) is 9.47 Å². The zero-order chi connectivity index (χ0) is 20.3. The monoisotopic (exact) mass is 390 g/mol. The van der Waals surface area contributed by atoms with E-state index in [0.717, 1.165) is 22.7 Å². The Labute approximate surface area is 171 Å². The van der Waals surface area contributed by atoms with Gasteiger partial charge in [-0.2, -0.15) is 0 Å². The molecule has 29 heavy (non-hydrogen) atoms. The molecule has 5 nitrogen and oxygen atoms in total. The van der Waals surface area contributed by atoms with Gasteiger partial charge in [0.1, 0.15) is 24.7 Å². The fraction of sp³-hybridized carbons (Fsp3) is 0.208. The second kappa shape index (κ2) is 10.8. The summed E-state index contributed by atoms with van der Waals surface area (Å²) in [5.74, 6) is 1.48. The molecule has 0 aromatic heterocycles. The van der Waals surface area contributed by atoms with Crippen molar-refractivity contribution in [3.05, 3.63) is 90.5 Å². The molecule has 1 atom stereocenters. The smallest absolute Gasteiger partial charge is 0.239 e. The molecule has 0 saturated carbocycles. The van der Waals surface area contributed by atoms with E-state index in [-0.39, 0.29) is 18.5 Å². The maximum atomic E-state index is 12.2. The molecular formula is C24H26N2O3. The second-order valence-corrected chi connectivity index (χ2v) is 6.59. The van der Waals surface area contributed by atoms with Crippen LogP contribution in [0.3, 0.4) is 0 Å². The lowest BCUT2D eigenvalue weighted by Gasteiger charge is -2.15. The van der Waals surface area contributed by atoms with Crippen molar-refractivity contribution in [1.82, 2.24) is 5.32 Å². The van der Waals surface area contributed by atoms with Crippen LogP contribution in [0.5, 0.6) is 11.5 Å². The fourth-order valence-corrected chi connectivity index (χ4v) is 2.83. The van der Waals surface area contributed by atoms with E-state index in [1.54, 1.807) is 0 Å². The maximum Gasteiger partial charge on any atom is 0.239 e. The third kappa shape index (κ3) is 6.88. The van der Waals surface area contributed by atoms with Gasteiger partial charge >= 0.3 is 0 Å². The molecule has 150 valence electrons. The van der Waals surface area contributed by atoms with Crippen molar-refractivity contribution in [2.75, 3.05) is 25.1 Å². The van der Waals surface area contributed by atoms with Crippen LogP contribution in [-0.4, -0.2) is 25.7 Å². The Morgan fingerprint density at radius 3 is 2.17 bits per heavy atom. The molecule has 3 aromatic rings. The first kappa shape index (κ1) is 20.3. The van der Waals surface area contributed by atoms with Gasteiger partial charge < -0.3 is 20.1 Å². The quantitative estimate of drug-likeness (QED) is 0.503. The standard InChI is InChI=1S/C24H26N2O3/c1-19(20-9-4-2-5-10-20)26-24(27)18-25-21-11-8-14-23(17-21)29-16-15-28-22-12-6-3-7-13-22/h2-14,17,19,25H,15-16,18H2,1H3,(H,26,27). The van der Waals surface area contributed by atoms with E-state index in [2.05, 4.69) is 10.6 Å². The van der Waals surface area contributed by atoms with E-state index in [9.17, 15) is 4.79 Å². The Hall–Kier alpha value is -3.47. The molecule has 0 radical (unpaired) electrons. The van der Waals surface area contributed by atoms with Gasteiger partial charge in [-0.05, 0) is 36.8 Å². The van der Waals surface area contributed by atoms with Gasteiger partial charge in [0.2, 0.25) is 5.91 Å². The Bertz CT molecular complexity index is 885. The predicted molar refractivity (Wildman–Crippen MR) is 115 cm³/mol. The van der Waals surface area contributed by atoms with Crippen LogP contribution in [0.1, 0.15) is 18.5 Å². The molecule has 0 fully saturated rings. The van der Waals surface area contributed by atoms with Crippen LogP contribution in [0.15, 0.2) is 84.9 Å². The molecule has 2 N–H and O–H groups in total. The first-order valence-corrected chi connectivity index (χ1v) is 9.69. The Balaban J connectivity index is 1.40. The number of carbonyl (C=O) groups is 1. The number of hydrogen-bond donors (Lipinski definition) is 2. The number of amides is 1. The second-order valence-electron chi connectivity index (χ2n) is 6.59. The molecule has 1 amide bonds. The summed E-state index contributed by atoms with van der Waals surface area (Å²) in [5.41, 5.74) is 1.91. The topological polar surface area (TPSA) is 59.6 Å². The molecule has 0 saturated heterocycles. The highest BCUT2D eigenvalue weighted by molar-refractivity contribution is 5.81. The first-order valence-electron chi connectivity index (χ1n) is 9.69. The van der Waals surface area contributed by atoms with Gasteiger partial charge in [-0.3, -0.25) is 4.79 Å². The number of hydrogen-bond acceptors (Lipinski definition) is 4. The molecule has 0 bridgehead atoms. The lowest BCUT2D eigenvalue weighted by molar-refractivity contribution is -0.120. The number of carbonyl (C=O) groups excluding carboxylic acids is 1. The van der Waals surface area contributed by atoms with Crippen LogP contribution in [0.4, 0.5) is 5.69 Å². The molecule has 0 aliphatic rings. The minimum absolute atomic E-state index is 0.0372. The Kier molecular flexibility index (Phi) is 7.52. The van der Waals surface area contributed by atoms with Gasteiger partial charge in [-0.25, -0.2) is 0 Å². The number of benzene rings is 3. The van der Waals surface area contributed by atoms with Crippen molar-refractivity contribution >= 4 is 11.6 Å². The van der Waals surface area contributed by atoms with Crippen LogP contribution in [0.25, 0.3) is 0 Å². The fourth-order valence-electron chi connectivity index (χ4n) is 2.83. The number of para-hydroxylation sites is 1. The lowest BCUT2D eigenvalue weighted by Crippen LogP contribution is -2.32. The van der Waals surface area contributed by atoms with Crippen molar-refractivity contribution in [2.45, 2.75) is 13.0 Å². The van der Waals surface area contributed by atoms with Gasteiger partial charge in [-0.1, -0.05) is 54.6 Å². The minimum atomic E-state index is -0.0658. The van der Waals surface area contributed by atoms with Crippen LogP contribution >= 0.6 is 0 Å². The summed E-state index contributed by atoms with van der Waals surface area (Å²) in [6.07, 6.45) is 0. The Morgan fingerprint density at radius 2 is 1.45 bits per heavy atom. The molecule has 0 aliphatic heterocycles. The van der Waals surface area contributed by atoms with Crippen molar-refractivity contribution in [2.24, 2.45) is 0 Å². The molecule has 5 heteroatoms. The molecule has 3 aromatic carbocycles. The molecule has 1 unspecified atom stereocenters. The predicted octanol–water partition coefficient (Wildman–Crippen LogP) is 4.43. The van der Waals surface area contributed by atoms with E-state index in [1.807, 2.05) is 91.9 Å². The highest BCUT2D eigenvalue weighted by Gasteiger charge is 2.09. The summed E-state index contributed by atoms with van der Waals surface area (Å²) in [7, 11) is 0. The van der Waals surface area contributed by atoms with Gasteiger partial charge in [0.05, 0.1) is 12.6 Å². The minimum Gasteiger partial charge on any atom is -0.490 e. The van der Waals surface area contributed by atoms with Crippen LogP contribution < -0.4 is 20.1 Å². The first-order chi connectivity index (χ1) is 14.2. The number of anilines is 1. The van der Waals surface area contributed by atoms with E-state index < -0.39 is 0 Å². The maximum absolute atomic E-state index is 12.2. The average molecular weight is 390 g/mol. The van der Waals surface area contributed by atoms with Crippen LogP contribution in [0.2, 0.25) is 0 Å². The average Bonchev–Trinajstić information content (AvgIpc) is 2.77. The normalized spacial score (nSPS) is 11.3. The highest BCUT2D eigenvalue weighted by atomic mass is 16.5. The summed E-state index contributed by atoms with van der Waals surface area (Å²) in [4.78, 5) is 12.2. The highest BCUT2D eigenvalue weighted by Crippen LogP contribution is 2.17. The number of nitrogens with one attached hydrogen (secondary N) is 2. The van der Waals surface area contributed by atoms with Crippen LogP contribution in [0, 0.1) is 0 Å². The molecule has 3 rings (SSSR count). The van der Waals surface area contributed by atoms with Crippen molar-refractivity contribution in [1.29, 1.82) is 0 Å². The summed E-state index contributed by atoms with van der Waals surface area (Å²) in [5, 5.41) is 6.12. The molecule has 0 spiro atoms. The lowest BCUT2D eigenvalue weighted by atomic mass is 10.1. The van der Waals surface area contributed by atoms with Gasteiger partial charge in [0, 0.05) is 11.8 Å². The largest absolute Gasteiger partial charge is 0.490 e. The summed E-state index contributed by atoms with van der Waals surface area (Å²) < 4.78 is 11.3. The van der Waals surface area contributed by atoms with Gasteiger partial charge in [-0.15, -0.1) is 0 Å². The van der Waals surface area contributed by atoms with Crippen molar-refractivity contribution in [3.8, 4) is 11.5 Å². The van der Waals surface area contributed by atoms with Crippen molar-refractivity contribution < 1.29 is 14.3 Å². The van der Waals surface area contributed by atoms with E-state index in [0.29, 0.717) is 13.2 Å². The molecule has 0 heterocycles. The van der Waals surface area contributed by atoms with E-state index in [1.165, 1.54) is 0 Å². The van der Waals surface area contributed by atoms with Gasteiger partial charge in [0.15, 0.2) is 0 Å². The summed E-state index contributed by atoms with van der Waals surface area (Å²) in [6.45, 7) is 3.06. The van der Waals surface area contributed by atoms with Crippen molar-refractivity contribution in [3.63, 3.8) is 0 Å². The summed E-state index contributed by atoms with van der Waals surface area (Å²) >= 11 is 0. The zero-order valence-electron chi connectivity index (χ0n) is 16.5. The SMILES string of the molecule is CC(NC(=O)CNc1cccc(OCCOc2ccccc2)c1)c1ccccc1. The molecule has 0 aliphatic carbocycles. The van der Waals surface area contributed by atoms with Gasteiger partial charge in [0.25, 0.3) is 0 Å². The van der Waals surface area contributed by atoms with E-state index >= 15 is 0 Å². The third-order valence-electron chi connectivity index (χ3n) is 4.33. The Morgan fingerprint density at radius 1 is 0.828 bits per heavy atom. The van der Waals surface area contributed by atoms with Crippen LogP contribution in [-0.2, 0) is 4.79 Å². The molecular weight excluding hydrogens is 364 g/mol.